The van der Waals surface area contributed by atoms with Gasteiger partial charge in [-0.05, 0) is 49.6 Å². The van der Waals surface area contributed by atoms with Crippen molar-refractivity contribution in [2.75, 3.05) is 20.2 Å². The van der Waals surface area contributed by atoms with Crippen molar-refractivity contribution < 1.29 is 4.74 Å². The average Bonchev–Trinajstić information content (AvgIpc) is 3.22. The van der Waals surface area contributed by atoms with Crippen LogP contribution in [0.3, 0.4) is 0 Å². The van der Waals surface area contributed by atoms with Crippen LogP contribution in [0.15, 0.2) is 65.9 Å². The minimum absolute atomic E-state index is 0. The van der Waals surface area contributed by atoms with E-state index in [9.17, 15) is 0 Å². The maximum absolute atomic E-state index is 5.48. The predicted octanol–water partition coefficient (Wildman–Crippen LogP) is 4.11. The van der Waals surface area contributed by atoms with E-state index in [0.29, 0.717) is 6.54 Å². The average molecular weight is 519 g/mol. The largest absolute Gasteiger partial charge is 0.496 e. The molecule has 0 spiro atoms. The number of nitrogens with one attached hydrogen (secondary N) is 2. The van der Waals surface area contributed by atoms with E-state index in [-0.39, 0.29) is 24.0 Å². The fourth-order valence-corrected chi connectivity index (χ4v) is 3.02. The van der Waals surface area contributed by atoms with Gasteiger partial charge < -0.3 is 15.4 Å². The molecular weight excluding hydrogens is 489 g/mol. The lowest BCUT2D eigenvalue weighted by molar-refractivity contribution is 0.409. The summed E-state index contributed by atoms with van der Waals surface area (Å²) in [6.07, 6.45) is 4.85. The minimum atomic E-state index is 0. The van der Waals surface area contributed by atoms with Gasteiger partial charge >= 0.3 is 0 Å². The number of aromatic nitrogens is 2. The van der Waals surface area contributed by atoms with Crippen molar-refractivity contribution in [1.29, 1.82) is 0 Å². The molecule has 6 nitrogen and oxygen atoms in total. The molecule has 0 aliphatic carbocycles. The molecule has 0 saturated heterocycles. The number of methoxy groups -OCH3 is 1. The molecule has 3 aromatic rings. The normalized spacial score (nSPS) is 11.0. The summed E-state index contributed by atoms with van der Waals surface area (Å²) in [5, 5.41) is 11.1. The third kappa shape index (κ3) is 6.76. The Morgan fingerprint density at radius 2 is 1.93 bits per heavy atom. The van der Waals surface area contributed by atoms with Gasteiger partial charge in [0.15, 0.2) is 5.96 Å². The van der Waals surface area contributed by atoms with Crippen LogP contribution in [-0.2, 0) is 13.0 Å². The van der Waals surface area contributed by atoms with Crippen molar-refractivity contribution in [3.05, 3.63) is 77.6 Å². The molecule has 0 amide bonds. The smallest absolute Gasteiger partial charge is 0.191 e. The van der Waals surface area contributed by atoms with Gasteiger partial charge in [-0.25, -0.2) is 9.67 Å². The quantitative estimate of drug-likeness (QED) is 0.267. The third-order valence-corrected chi connectivity index (χ3v) is 4.56. The number of rotatable bonds is 8. The summed E-state index contributed by atoms with van der Waals surface area (Å²) in [4.78, 5) is 4.70. The van der Waals surface area contributed by atoms with Crippen LogP contribution >= 0.6 is 24.0 Å². The molecule has 0 aliphatic heterocycles. The van der Waals surface area contributed by atoms with Gasteiger partial charge in [0.1, 0.15) is 5.75 Å². The zero-order valence-corrected chi connectivity index (χ0v) is 20.1. The number of aliphatic imine (C=N–C) groups is 1. The van der Waals surface area contributed by atoms with Crippen LogP contribution in [0.5, 0.6) is 5.75 Å². The first-order chi connectivity index (χ1) is 14.2. The number of hydrogen-bond acceptors (Lipinski definition) is 3. The molecule has 0 aliphatic rings. The predicted molar refractivity (Wildman–Crippen MR) is 133 cm³/mol. The van der Waals surface area contributed by atoms with Crippen LogP contribution < -0.4 is 15.4 Å². The molecule has 0 saturated carbocycles. The van der Waals surface area contributed by atoms with Crippen molar-refractivity contribution >= 4 is 29.9 Å². The molecule has 0 fully saturated rings. The number of benzene rings is 2. The Morgan fingerprint density at radius 1 is 1.13 bits per heavy atom. The molecule has 0 atom stereocenters. The molecule has 3 rings (SSSR count). The summed E-state index contributed by atoms with van der Waals surface area (Å²) in [5.41, 5.74) is 4.49. The zero-order chi connectivity index (χ0) is 20.5. The Kier molecular flexibility index (Phi) is 9.66. The monoisotopic (exact) mass is 519 g/mol. The lowest BCUT2D eigenvalue weighted by Gasteiger charge is -2.12. The fraction of sp³-hybridized carbons (Fsp3) is 0.304. The van der Waals surface area contributed by atoms with Crippen molar-refractivity contribution in [2.45, 2.75) is 26.8 Å². The van der Waals surface area contributed by atoms with Crippen LogP contribution in [0, 0.1) is 6.92 Å². The maximum atomic E-state index is 5.48. The number of guanidine groups is 1. The molecule has 0 bridgehead atoms. The lowest BCUT2D eigenvalue weighted by atomic mass is 10.1. The number of para-hydroxylation sites is 1. The summed E-state index contributed by atoms with van der Waals surface area (Å²) in [6, 6.07) is 16.3. The van der Waals surface area contributed by atoms with Crippen LogP contribution in [0.25, 0.3) is 5.69 Å². The fourth-order valence-electron chi connectivity index (χ4n) is 3.02. The summed E-state index contributed by atoms with van der Waals surface area (Å²) in [5.74, 6) is 1.67. The Balaban J connectivity index is 0.00000320. The van der Waals surface area contributed by atoms with Gasteiger partial charge in [-0.15, -0.1) is 24.0 Å². The van der Waals surface area contributed by atoms with Crippen molar-refractivity contribution in [1.82, 2.24) is 20.4 Å². The van der Waals surface area contributed by atoms with Gasteiger partial charge in [-0.2, -0.15) is 5.10 Å². The summed E-state index contributed by atoms with van der Waals surface area (Å²) >= 11 is 0. The first-order valence-corrected chi connectivity index (χ1v) is 9.94. The SMILES string of the molecule is CCNC(=NCc1ccc(C)cc1OC)NCCc1cnn(-c2ccccc2)c1.I. The highest BCUT2D eigenvalue weighted by molar-refractivity contribution is 14.0. The number of aryl methyl sites for hydroxylation is 1. The first-order valence-electron chi connectivity index (χ1n) is 9.94. The van der Waals surface area contributed by atoms with E-state index in [2.05, 4.69) is 47.9 Å². The number of hydrogen-bond donors (Lipinski definition) is 2. The number of nitrogens with zero attached hydrogens (tertiary/aromatic N) is 3. The van der Waals surface area contributed by atoms with E-state index in [4.69, 9.17) is 9.73 Å². The molecule has 0 unspecified atom stereocenters. The van der Waals surface area contributed by atoms with E-state index in [0.717, 1.165) is 42.5 Å². The van der Waals surface area contributed by atoms with Crippen molar-refractivity contribution in [3.8, 4) is 11.4 Å². The molecule has 7 heteroatoms. The highest BCUT2D eigenvalue weighted by Gasteiger charge is 2.05. The number of halogens is 1. The minimum Gasteiger partial charge on any atom is -0.496 e. The van der Waals surface area contributed by atoms with Gasteiger partial charge in [0.05, 0.1) is 25.5 Å². The summed E-state index contributed by atoms with van der Waals surface area (Å²) in [7, 11) is 1.70. The van der Waals surface area contributed by atoms with E-state index in [1.165, 1.54) is 11.1 Å². The van der Waals surface area contributed by atoms with E-state index in [1.807, 2.05) is 47.3 Å². The highest BCUT2D eigenvalue weighted by atomic mass is 127. The maximum Gasteiger partial charge on any atom is 0.191 e. The van der Waals surface area contributed by atoms with E-state index >= 15 is 0 Å². The van der Waals surface area contributed by atoms with E-state index < -0.39 is 0 Å². The molecule has 2 aromatic carbocycles. The van der Waals surface area contributed by atoms with Crippen LogP contribution in [0.2, 0.25) is 0 Å². The Bertz CT molecular complexity index is 940. The van der Waals surface area contributed by atoms with Crippen molar-refractivity contribution in [3.63, 3.8) is 0 Å². The molecule has 30 heavy (non-hydrogen) atoms. The van der Waals surface area contributed by atoms with Crippen LogP contribution in [0.4, 0.5) is 0 Å². The highest BCUT2D eigenvalue weighted by Crippen LogP contribution is 2.20. The molecular formula is C23H30IN5O. The second kappa shape index (κ2) is 12.2. The zero-order valence-electron chi connectivity index (χ0n) is 17.8. The second-order valence-electron chi connectivity index (χ2n) is 6.82. The topological polar surface area (TPSA) is 63.5 Å². The lowest BCUT2D eigenvalue weighted by Crippen LogP contribution is -2.38. The van der Waals surface area contributed by atoms with Gasteiger partial charge in [-0.1, -0.05) is 30.3 Å². The van der Waals surface area contributed by atoms with E-state index in [1.54, 1.807) is 7.11 Å². The molecule has 2 N–H and O–H groups in total. The van der Waals surface area contributed by atoms with Gasteiger partial charge in [0, 0.05) is 24.8 Å². The van der Waals surface area contributed by atoms with Crippen molar-refractivity contribution in [2.24, 2.45) is 4.99 Å². The molecule has 160 valence electrons. The second-order valence-corrected chi connectivity index (χ2v) is 6.82. The Morgan fingerprint density at radius 3 is 2.67 bits per heavy atom. The molecule has 1 aromatic heterocycles. The summed E-state index contributed by atoms with van der Waals surface area (Å²) < 4.78 is 7.38. The Labute approximate surface area is 195 Å². The van der Waals surface area contributed by atoms with Gasteiger partial charge in [-0.3, -0.25) is 0 Å². The molecule has 0 radical (unpaired) electrons. The Hall–Kier alpha value is -2.55. The number of ether oxygens (including phenoxy) is 1. The third-order valence-electron chi connectivity index (χ3n) is 4.56. The standard InChI is InChI=1S/C23H29N5O.HI/c1-4-24-23(26-16-20-11-10-18(2)14-22(20)29-3)25-13-12-19-15-27-28(17-19)21-8-6-5-7-9-21;/h5-11,14-15,17H,4,12-13,16H2,1-3H3,(H2,24,25,26);1H. The first kappa shape index (κ1) is 23.7. The van der Waals surface area contributed by atoms with Gasteiger partial charge in [0.2, 0.25) is 0 Å². The van der Waals surface area contributed by atoms with Crippen LogP contribution in [-0.4, -0.2) is 35.9 Å². The summed E-state index contributed by atoms with van der Waals surface area (Å²) in [6.45, 7) is 6.26. The van der Waals surface area contributed by atoms with Crippen LogP contribution in [0.1, 0.15) is 23.6 Å². The molecule has 1 heterocycles. The van der Waals surface area contributed by atoms with Gasteiger partial charge in [0.25, 0.3) is 0 Å².